The Morgan fingerprint density at radius 1 is 1.11 bits per heavy atom. The molecule has 100 valence electrons. The molecule has 0 aromatic heterocycles. The van der Waals surface area contributed by atoms with E-state index in [4.69, 9.17) is 0 Å². The molecule has 0 spiro atoms. The molecule has 1 saturated heterocycles. The van der Waals surface area contributed by atoms with Crippen LogP contribution in [0.25, 0.3) is 0 Å². The SMILES string of the molecule is C[C@@H](O)c1c(F)cccc1N1CCCCCCC1. The Morgan fingerprint density at radius 2 is 1.72 bits per heavy atom. The summed E-state index contributed by atoms with van der Waals surface area (Å²) >= 11 is 0. The van der Waals surface area contributed by atoms with E-state index in [1.54, 1.807) is 13.0 Å². The Balaban J connectivity index is 2.27. The molecule has 1 aromatic carbocycles. The van der Waals surface area contributed by atoms with Gasteiger partial charge in [-0.05, 0) is 31.9 Å². The maximum absolute atomic E-state index is 13.9. The lowest BCUT2D eigenvalue weighted by molar-refractivity contribution is 0.194. The average molecular weight is 251 g/mol. The van der Waals surface area contributed by atoms with Gasteiger partial charge in [0.05, 0.1) is 6.10 Å². The second kappa shape index (κ2) is 6.19. The number of hydrogen-bond acceptors (Lipinski definition) is 2. The monoisotopic (exact) mass is 251 g/mol. The lowest BCUT2D eigenvalue weighted by Gasteiger charge is -2.29. The van der Waals surface area contributed by atoms with E-state index in [9.17, 15) is 9.50 Å². The fourth-order valence-electron chi connectivity index (χ4n) is 2.70. The summed E-state index contributed by atoms with van der Waals surface area (Å²) in [6.07, 6.45) is 5.34. The Labute approximate surface area is 108 Å². The Kier molecular flexibility index (Phi) is 4.59. The van der Waals surface area contributed by atoms with Gasteiger partial charge in [0.1, 0.15) is 5.82 Å². The summed E-state index contributed by atoms with van der Waals surface area (Å²) in [6.45, 7) is 3.55. The van der Waals surface area contributed by atoms with Crippen molar-refractivity contribution in [2.24, 2.45) is 0 Å². The van der Waals surface area contributed by atoms with Gasteiger partial charge < -0.3 is 10.0 Å². The van der Waals surface area contributed by atoms with Gasteiger partial charge in [-0.3, -0.25) is 0 Å². The smallest absolute Gasteiger partial charge is 0.131 e. The number of anilines is 1. The largest absolute Gasteiger partial charge is 0.389 e. The summed E-state index contributed by atoms with van der Waals surface area (Å²) in [4.78, 5) is 2.23. The predicted molar refractivity (Wildman–Crippen MR) is 72.3 cm³/mol. The molecule has 1 aromatic rings. The number of halogens is 1. The zero-order chi connectivity index (χ0) is 13.0. The average Bonchev–Trinajstić information content (AvgIpc) is 2.27. The van der Waals surface area contributed by atoms with Gasteiger partial charge in [0, 0.05) is 24.3 Å². The molecule has 1 fully saturated rings. The normalized spacial score (nSPS) is 19.2. The molecule has 0 saturated carbocycles. The van der Waals surface area contributed by atoms with E-state index in [2.05, 4.69) is 4.90 Å². The molecule has 0 radical (unpaired) electrons. The Morgan fingerprint density at radius 3 is 2.33 bits per heavy atom. The molecule has 0 amide bonds. The molecule has 18 heavy (non-hydrogen) atoms. The highest BCUT2D eigenvalue weighted by Crippen LogP contribution is 2.30. The Bertz CT molecular complexity index is 384. The number of benzene rings is 1. The zero-order valence-electron chi connectivity index (χ0n) is 11.0. The molecule has 0 bridgehead atoms. The van der Waals surface area contributed by atoms with Gasteiger partial charge in [0.15, 0.2) is 0 Å². The third kappa shape index (κ3) is 3.02. The van der Waals surface area contributed by atoms with Crippen molar-refractivity contribution in [1.29, 1.82) is 0 Å². The molecule has 1 aliphatic rings. The van der Waals surface area contributed by atoms with Crippen molar-refractivity contribution in [2.75, 3.05) is 18.0 Å². The first-order valence-corrected chi connectivity index (χ1v) is 6.91. The zero-order valence-corrected chi connectivity index (χ0v) is 11.0. The van der Waals surface area contributed by atoms with Crippen LogP contribution < -0.4 is 4.90 Å². The van der Waals surface area contributed by atoms with Crippen molar-refractivity contribution in [2.45, 2.75) is 45.1 Å². The van der Waals surface area contributed by atoms with Crippen LogP contribution in [-0.4, -0.2) is 18.2 Å². The van der Waals surface area contributed by atoms with Crippen molar-refractivity contribution in [3.05, 3.63) is 29.6 Å². The topological polar surface area (TPSA) is 23.5 Å². The number of aliphatic hydroxyl groups is 1. The van der Waals surface area contributed by atoms with Crippen LogP contribution in [0.4, 0.5) is 10.1 Å². The summed E-state index contributed by atoms with van der Waals surface area (Å²) < 4.78 is 13.9. The van der Waals surface area contributed by atoms with Crippen LogP contribution in [-0.2, 0) is 0 Å². The molecule has 1 atom stereocenters. The number of nitrogens with zero attached hydrogens (tertiary/aromatic N) is 1. The van der Waals surface area contributed by atoms with Crippen LogP contribution in [0, 0.1) is 5.82 Å². The van der Waals surface area contributed by atoms with Crippen LogP contribution in [0.5, 0.6) is 0 Å². The fraction of sp³-hybridized carbons (Fsp3) is 0.600. The van der Waals surface area contributed by atoms with E-state index >= 15 is 0 Å². The van der Waals surface area contributed by atoms with Crippen LogP contribution in [0.3, 0.4) is 0 Å². The van der Waals surface area contributed by atoms with Gasteiger partial charge in [0.2, 0.25) is 0 Å². The van der Waals surface area contributed by atoms with Crippen molar-refractivity contribution in [1.82, 2.24) is 0 Å². The van der Waals surface area contributed by atoms with Crippen LogP contribution in [0.15, 0.2) is 18.2 Å². The van der Waals surface area contributed by atoms with Crippen molar-refractivity contribution in [3.8, 4) is 0 Å². The van der Waals surface area contributed by atoms with Crippen molar-refractivity contribution in [3.63, 3.8) is 0 Å². The molecule has 2 nitrogen and oxygen atoms in total. The first-order valence-electron chi connectivity index (χ1n) is 6.91. The lowest BCUT2D eigenvalue weighted by atomic mass is 10.0. The van der Waals surface area contributed by atoms with Gasteiger partial charge in [-0.25, -0.2) is 4.39 Å². The maximum atomic E-state index is 13.9. The van der Waals surface area contributed by atoms with Crippen LogP contribution >= 0.6 is 0 Å². The fourth-order valence-corrected chi connectivity index (χ4v) is 2.70. The third-order valence-electron chi connectivity index (χ3n) is 3.64. The van der Waals surface area contributed by atoms with Gasteiger partial charge in [-0.1, -0.05) is 25.3 Å². The second-order valence-corrected chi connectivity index (χ2v) is 5.10. The summed E-state index contributed by atoms with van der Waals surface area (Å²) in [6, 6.07) is 5.08. The molecule has 1 N–H and O–H groups in total. The summed E-state index contributed by atoms with van der Waals surface area (Å²) in [7, 11) is 0. The molecule has 0 unspecified atom stereocenters. The van der Waals surface area contributed by atoms with E-state index < -0.39 is 6.10 Å². The first-order chi connectivity index (χ1) is 8.70. The molecule has 2 rings (SSSR count). The molecule has 3 heteroatoms. The summed E-state index contributed by atoms with van der Waals surface area (Å²) in [5.41, 5.74) is 1.31. The molecule has 1 heterocycles. The molecule has 0 aliphatic carbocycles. The van der Waals surface area contributed by atoms with Gasteiger partial charge in [-0.2, -0.15) is 0 Å². The van der Waals surface area contributed by atoms with Gasteiger partial charge >= 0.3 is 0 Å². The van der Waals surface area contributed by atoms with E-state index in [0.29, 0.717) is 5.56 Å². The highest BCUT2D eigenvalue weighted by molar-refractivity contribution is 5.55. The van der Waals surface area contributed by atoms with Crippen molar-refractivity contribution >= 4 is 5.69 Å². The van der Waals surface area contributed by atoms with Gasteiger partial charge in [0.25, 0.3) is 0 Å². The number of aliphatic hydroxyl groups excluding tert-OH is 1. The minimum atomic E-state index is -0.758. The number of rotatable bonds is 2. The van der Waals surface area contributed by atoms with Crippen molar-refractivity contribution < 1.29 is 9.50 Å². The lowest BCUT2D eigenvalue weighted by Crippen LogP contribution is -2.28. The second-order valence-electron chi connectivity index (χ2n) is 5.10. The van der Waals surface area contributed by atoms with Crippen LogP contribution in [0.2, 0.25) is 0 Å². The minimum Gasteiger partial charge on any atom is -0.389 e. The minimum absolute atomic E-state index is 0.301. The van der Waals surface area contributed by atoms with E-state index in [-0.39, 0.29) is 5.82 Å². The van der Waals surface area contributed by atoms with E-state index in [0.717, 1.165) is 31.6 Å². The predicted octanol–water partition coefficient (Wildman–Crippen LogP) is 3.65. The Hall–Kier alpha value is -1.09. The number of hydrogen-bond donors (Lipinski definition) is 1. The first kappa shape index (κ1) is 13.3. The van der Waals surface area contributed by atoms with Crippen LogP contribution in [0.1, 0.15) is 50.7 Å². The standard InChI is InChI=1S/C15H22FNO/c1-12(18)15-13(16)8-7-9-14(15)17-10-5-3-2-4-6-11-17/h7-9,12,18H,2-6,10-11H2,1H3/t12-/m1/s1. The summed E-state index contributed by atoms with van der Waals surface area (Å²) in [5, 5.41) is 9.78. The molecular weight excluding hydrogens is 229 g/mol. The molecule has 1 aliphatic heterocycles. The quantitative estimate of drug-likeness (QED) is 0.867. The highest BCUT2D eigenvalue weighted by atomic mass is 19.1. The van der Waals surface area contributed by atoms with E-state index in [1.807, 2.05) is 6.07 Å². The molecular formula is C15H22FNO. The van der Waals surface area contributed by atoms with Gasteiger partial charge in [-0.15, -0.1) is 0 Å². The maximum Gasteiger partial charge on any atom is 0.131 e. The third-order valence-corrected chi connectivity index (χ3v) is 3.64. The summed E-state index contributed by atoms with van der Waals surface area (Å²) in [5.74, 6) is -0.301. The highest BCUT2D eigenvalue weighted by Gasteiger charge is 2.18. The van der Waals surface area contributed by atoms with E-state index in [1.165, 1.54) is 25.3 Å².